The van der Waals surface area contributed by atoms with E-state index in [4.69, 9.17) is 28.9 Å². The first-order valence-corrected chi connectivity index (χ1v) is 14.5. The van der Waals surface area contributed by atoms with Gasteiger partial charge in [0.1, 0.15) is 11.9 Å². The molecule has 1 fully saturated rings. The minimum atomic E-state index is -0.537. The van der Waals surface area contributed by atoms with Gasteiger partial charge in [-0.05, 0) is 67.9 Å². The number of rotatable bonds is 10. The quantitative estimate of drug-likeness (QED) is 0.147. The minimum absolute atomic E-state index is 0.0385. The van der Waals surface area contributed by atoms with Gasteiger partial charge in [0.2, 0.25) is 0 Å². The van der Waals surface area contributed by atoms with Gasteiger partial charge in [-0.3, -0.25) is 9.97 Å². The highest BCUT2D eigenvalue weighted by Gasteiger charge is 2.19. The summed E-state index contributed by atoms with van der Waals surface area (Å²) in [4.78, 5) is 11.2. The highest BCUT2D eigenvalue weighted by molar-refractivity contribution is 6.36. The summed E-state index contributed by atoms with van der Waals surface area (Å²) in [5, 5.41) is 20.8. The molecule has 0 aliphatic carbocycles. The van der Waals surface area contributed by atoms with E-state index in [9.17, 15) is 9.65 Å². The van der Waals surface area contributed by atoms with Crippen LogP contribution in [-0.2, 0) is 0 Å². The number of anilines is 3. The molecule has 2 aromatic carbocycles. The van der Waals surface area contributed by atoms with Crippen molar-refractivity contribution >= 4 is 51.2 Å². The Morgan fingerprint density at radius 2 is 1.90 bits per heavy atom. The molecule has 0 unspecified atom stereocenters. The summed E-state index contributed by atoms with van der Waals surface area (Å²) < 4.78 is 13.8. The number of nitrogens with two attached hydrogens (primary N) is 1. The Bertz CT molecular complexity index is 1620. The maximum absolute atomic E-state index is 13.8. The second-order valence-corrected chi connectivity index (χ2v) is 10.9. The molecule has 0 saturated carbocycles. The van der Waals surface area contributed by atoms with Crippen LogP contribution in [0.3, 0.4) is 0 Å². The summed E-state index contributed by atoms with van der Waals surface area (Å²) in [6.45, 7) is 4.01. The van der Waals surface area contributed by atoms with Crippen molar-refractivity contribution < 1.29 is 4.39 Å². The zero-order chi connectivity index (χ0) is 29.5. The average Bonchev–Trinajstić information content (AvgIpc) is 3.01. The van der Waals surface area contributed by atoms with Crippen molar-refractivity contribution in [3.05, 3.63) is 99.9 Å². The van der Waals surface area contributed by atoms with E-state index < -0.39 is 11.9 Å². The molecule has 1 aliphatic rings. The minimum Gasteiger partial charge on any atom is -0.399 e. The van der Waals surface area contributed by atoms with Crippen molar-refractivity contribution in [3.8, 4) is 6.07 Å². The Hall–Kier alpha value is -4.10. The topological polar surface area (TPSA) is 115 Å². The van der Waals surface area contributed by atoms with Crippen LogP contribution in [0.25, 0.3) is 10.9 Å². The number of nitrogens with one attached hydrogen (secondary N) is 3. The van der Waals surface area contributed by atoms with Gasteiger partial charge in [0.15, 0.2) is 0 Å². The molecule has 2 aromatic heterocycles. The molecule has 0 amide bonds. The van der Waals surface area contributed by atoms with Crippen LogP contribution in [0.15, 0.2) is 73.0 Å². The predicted molar refractivity (Wildman–Crippen MR) is 167 cm³/mol. The highest BCUT2D eigenvalue weighted by atomic mass is 35.5. The molecule has 4 aromatic rings. The first-order valence-electron chi connectivity index (χ1n) is 13.7. The van der Waals surface area contributed by atoms with Crippen molar-refractivity contribution in [2.75, 3.05) is 36.8 Å². The second kappa shape index (κ2) is 13.7. The van der Waals surface area contributed by atoms with Crippen LogP contribution < -0.4 is 21.7 Å². The molecule has 0 bridgehead atoms. The fourth-order valence-electron chi connectivity index (χ4n) is 5.03. The maximum Gasteiger partial charge on any atom is 0.141 e. The van der Waals surface area contributed by atoms with Crippen LogP contribution in [0.5, 0.6) is 0 Å². The van der Waals surface area contributed by atoms with E-state index in [0.717, 1.165) is 31.7 Å². The van der Waals surface area contributed by atoms with Crippen LogP contribution in [-0.4, -0.2) is 41.0 Å². The first-order chi connectivity index (χ1) is 20.4. The van der Waals surface area contributed by atoms with Gasteiger partial charge < -0.3 is 26.6 Å². The van der Waals surface area contributed by atoms with E-state index in [1.165, 1.54) is 37.6 Å². The molecule has 8 nitrogen and oxygen atoms in total. The number of benzene rings is 2. The molecule has 216 valence electrons. The lowest BCUT2D eigenvalue weighted by Gasteiger charge is -2.26. The Kier molecular flexibility index (Phi) is 9.59. The molecule has 5 N–H and O–H groups in total. The fourth-order valence-corrected chi connectivity index (χ4v) is 5.48. The Labute approximate surface area is 254 Å². The standard InChI is InChI=1S/C31H31Cl2FN8/c32-25-14-22(6-7-27(25)34)40-29-21(16-35)18-39-31-24(29)13-23(15-26(31)33)41-30(20-5-4-8-37-17-20)28(36)19-38-9-12-42-10-2-1-3-11-42/h4-8,13-15,17-19,30,38,41H,1-3,9-12,36H2,(H,39,40)/b28-19-/t30-/m0/s1. The van der Waals surface area contributed by atoms with E-state index in [1.54, 1.807) is 24.5 Å². The largest absolute Gasteiger partial charge is 0.399 e. The lowest BCUT2D eigenvalue weighted by molar-refractivity contribution is 0.231. The second-order valence-electron chi connectivity index (χ2n) is 10.1. The van der Waals surface area contributed by atoms with Gasteiger partial charge in [0.25, 0.3) is 0 Å². The van der Waals surface area contributed by atoms with Crippen LogP contribution in [0.2, 0.25) is 10.0 Å². The summed E-state index contributed by atoms with van der Waals surface area (Å²) in [6.07, 6.45) is 10.6. The number of piperidine rings is 1. The van der Waals surface area contributed by atoms with E-state index in [0.29, 0.717) is 38.7 Å². The number of pyridine rings is 2. The predicted octanol–water partition coefficient (Wildman–Crippen LogP) is 6.72. The summed E-state index contributed by atoms with van der Waals surface area (Å²) in [6, 6.07) is 13.4. The van der Waals surface area contributed by atoms with E-state index in [2.05, 4.69) is 36.9 Å². The Balaban J connectivity index is 1.45. The molecule has 42 heavy (non-hydrogen) atoms. The molecule has 11 heteroatoms. The van der Waals surface area contributed by atoms with Gasteiger partial charge in [0, 0.05) is 54.6 Å². The lowest BCUT2D eigenvalue weighted by Crippen LogP contribution is -2.35. The number of fused-ring (bicyclic) bond motifs is 1. The molecule has 1 atom stereocenters. The van der Waals surface area contributed by atoms with Crippen molar-refractivity contribution in [3.63, 3.8) is 0 Å². The number of nitrogens with zero attached hydrogens (tertiary/aromatic N) is 4. The first kappa shape index (κ1) is 29.4. The number of nitriles is 1. The molecule has 1 aliphatic heterocycles. The van der Waals surface area contributed by atoms with Gasteiger partial charge in [0.05, 0.1) is 38.6 Å². The number of hydrogen-bond donors (Lipinski definition) is 4. The van der Waals surface area contributed by atoms with Crippen molar-refractivity contribution in [2.24, 2.45) is 5.73 Å². The highest BCUT2D eigenvalue weighted by Crippen LogP contribution is 2.36. The van der Waals surface area contributed by atoms with Gasteiger partial charge >= 0.3 is 0 Å². The zero-order valence-corrected chi connectivity index (χ0v) is 24.4. The lowest BCUT2D eigenvalue weighted by atomic mass is 10.0. The van der Waals surface area contributed by atoms with Crippen molar-refractivity contribution in [2.45, 2.75) is 25.3 Å². The smallest absolute Gasteiger partial charge is 0.141 e. The van der Waals surface area contributed by atoms with Crippen LogP contribution >= 0.6 is 23.2 Å². The van der Waals surface area contributed by atoms with Crippen LogP contribution in [0, 0.1) is 17.1 Å². The summed E-state index contributed by atoms with van der Waals surface area (Å²) in [7, 11) is 0. The van der Waals surface area contributed by atoms with Crippen LogP contribution in [0.4, 0.5) is 21.5 Å². The summed E-state index contributed by atoms with van der Waals surface area (Å²) in [5.74, 6) is -0.537. The molecular formula is C31H31Cl2FN8. The Morgan fingerprint density at radius 1 is 1.10 bits per heavy atom. The van der Waals surface area contributed by atoms with Crippen molar-refractivity contribution in [1.29, 1.82) is 5.26 Å². The fraction of sp³-hybridized carbons (Fsp3) is 0.258. The Morgan fingerprint density at radius 3 is 2.64 bits per heavy atom. The third-order valence-corrected chi connectivity index (χ3v) is 7.76. The number of halogens is 3. The van der Waals surface area contributed by atoms with E-state index >= 15 is 0 Å². The molecule has 0 spiro atoms. The van der Waals surface area contributed by atoms with Gasteiger partial charge in [-0.25, -0.2) is 4.39 Å². The summed E-state index contributed by atoms with van der Waals surface area (Å²) in [5.41, 5.74) is 10.5. The zero-order valence-electron chi connectivity index (χ0n) is 22.9. The van der Waals surface area contributed by atoms with Crippen LogP contribution in [0.1, 0.15) is 36.4 Å². The molecule has 5 rings (SSSR count). The molecule has 0 radical (unpaired) electrons. The third kappa shape index (κ3) is 7.02. The number of likely N-dealkylation sites (tertiary alicyclic amines) is 1. The monoisotopic (exact) mass is 604 g/mol. The van der Waals surface area contributed by atoms with Gasteiger partial charge in [-0.15, -0.1) is 0 Å². The van der Waals surface area contributed by atoms with Gasteiger partial charge in [-0.1, -0.05) is 35.7 Å². The van der Waals surface area contributed by atoms with Crippen molar-refractivity contribution in [1.82, 2.24) is 20.2 Å². The molecule has 3 heterocycles. The summed E-state index contributed by atoms with van der Waals surface area (Å²) >= 11 is 12.7. The maximum atomic E-state index is 13.8. The number of aromatic nitrogens is 2. The normalized spacial score (nSPS) is 14.8. The van der Waals surface area contributed by atoms with E-state index in [1.807, 2.05) is 24.4 Å². The third-order valence-electron chi connectivity index (χ3n) is 7.19. The molecular weight excluding hydrogens is 574 g/mol. The van der Waals surface area contributed by atoms with Gasteiger partial charge in [-0.2, -0.15) is 5.26 Å². The van der Waals surface area contributed by atoms with E-state index in [-0.39, 0.29) is 10.6 Å². The average molecular weight is 606 g/mol. The molecule has 1 saturated heterocycles. The SMILES string of the molecule is N#Cc1cnc2c(Cl)cc(N[C@H](/C(N)=C/NCCN3CCCCC3)c3cccnc3)cc2c1Nc1ccc(F)c(Cl)c1. The number of hydrogen-bond acceptors (Lipinski definition) is 8.